The molecule has 32 heavy (non-hydrogen) atoms. The van der Waals surface area contributed by atoms with Gasteiger partial charge in [-0.2, -0.15) is 0 Å². The van der Waals surface area contributed by atoms with Crippen LogP contribution in [0.5, 0.6) is 5.75 Å². The molecule has 0 radical (unpaired) electrons. The second kappa shape index (κ2) is 9.79. The molecule has 0 bridgehead atoms. The Morgan fingerprint density at radius 2 is 1.81 bits per heavy atom. The average molecular weight is 460 g/mol. The number of aromatic nitrogens is 2. The molecule has 1 fully saturated rings. The van der Waals surface area contributed by atoms with Crippen LogP contribution in [0, 0.1) is 11.6 Å². The molecule has 0 aliphatic carbocycles. The summed E-state index contributed by atoms with van der Waals surface area (Å²) < 4.78 is 37.2. The van der Waals surface area contributed by atoms with Gasteiger partial charge in [0.1, 0.15) is 12.4 Å². The highest BCUT2D eigenvalue weighted by molar-refractivity contribution is 7.13. The summed E-state index contributed by atoms with van der Waals surface area (Å²) in [5.41, 5.74) is 0.667. The number of nitrogens with zero attached hydrogens (tertiary/aromatic N) is 3. The summed E-state index contributed by atoms with van der Waals surface area (Å²) in [6, 6.07) is 9.80. The second-order valence-corrected chi connectivity index (χ2v) is 7.86. The largest absolute Gasteiger partial charge is 0.486 e. The molecule has 2 amide bonds. The predicted molar refractivity (Wildman–Crippen MR) is 112 cm³/mol. The van der Waals surface area contributed by atoms with Gasteiger partial charge in [-0.05, 0) is 36.4 Å². The van der Waals surface area contributed by atoms with Crippen molar-refractivity contribution in [1.82, 2.24) is 15.1 Å². The lowest BCUT2D eigenvalue weighted by Gasteiger charge is -2.26. The normalized spacial score (nSPS) is 13.6. The Morgan fingerprint density at radius 3 is 2.53 bits per heavy atom. The first-order chi connectivity index (χ1) is 15.5. The van der Waals surface area contributed by atoms with Crippen LogP contribution >= 0.6 is 11.3 Å². The fourth-order valence-corrected chi connectivity index (χ4v) is 3.60. The van der Waals surface area contributed by atoms with E-state index in [1.54, 1.807) is 29.2 Å². The lowest BCUT2D eigenvalue weighted by Crippen LogP contribution is -2.40. The maximum absolute atomic E-state index is 13.3. The highest BCUT2D eigenvalue weighted by Crippen LogP contribution is 2.19. The highest BCUT2D eigenvalue weighted by atomic mass is 32.1. The Balaban J connectivity index is 1.31. The van der Waals surface area contributed by atoms with Crippen LogP contribution < -0.4 is 10.1 Å². The number of carbonyl (C=O) groups is 2. The van der Waals surface area contributed by atoms with Crippen molar-refractivity contribution in [1.29, 1.82) is 0 Å². The van der Waals surface area contributed by atoms with Crippen LogP contribution in [0.3, 0.4) is 0 Å². The number of amides is 2. The summed E-state index contributed by atoms with van der Waals surface area (Å²) in [5, 5.41) is 10.7. The minimum Gasteiger partial charge on any atom is -0.486 e. The Bertz CT molecular complexity index is 1120. The number of nitrogens with one attached hydrogen (secondary N) is 1. The summed E-state index contributed by atoms with van der Waals surface area (Å²) in [6.45, 7) is 2.29. The molecule has 4 rings (SSSR count). The van der Waals surface area contributed by atoms with Gasteiger partial charge < -0.3 is 19.7 Å². The molecule has 1 aliphatic rings. The van der Waals surface area contributed by atoms with Gasteiger partial charge in [0.2, 0.25) is 5.01 Å². The highest BCUT2D eigenvalue weighted by Gasteiger charge is 2.18. The molecular formula is C21H18F2N4O4S. The van der Waals surface area contributed by atoms with Gasteiger partial charge in [0.25, 0.3) is 11.8 Å². The monoisotopic (exact) mass is 460 g/mol. The number of hydrogen-bond donors (Lipinski definition) is 1. The Morgan fingerprint density at radius 1 is 1.06 bits per heavy atom. The number of benzene rings is 2. The zero-order valence-corrected chi connectivity index (χ0v) is 17.5. The molecule has 1 saturated heterocycles. The molecular weight excluding hydrogens is 442 g/mol. The number of ether oxygens (including phenoxy) is 2. The average Bonchev–Trinajstić information content (AvgIpc) is 3.30. The maximum Gasteiger partial charge on any atom is 0.286 e. The van der Waals surface area contributed by atoms with Crippen molar-refractivity contribution in [2.45, 2.75) is 6.61 Å². The van der Waals surface area contributed by atoms with Gasteiger partial charge in [0.05, 0.1) is 13.2 Å². The van der Waals surface area contributed by atoms with E-state index in [1.165, 1.54) is 6.07 Å². The second-order valence-electron chi connectivity index (χ2n) is 6.80. The van der Waals surface area contributed by atoms with Gasteiger partial charge in [-0.25, -0.2) is 8.78 Å². The summed E-state index contributed by atoms with van der Waals surface area (Å²) in [7, 11) is 0. The van der Waals surface area contributed by atoms with Crippen LogP contribution in [0.2, 0.25) is 0 Å². The SMILES string of the molecule is O=C(Nc1ccc(F)c(F)c1)c1nnc(COc2ccc(C(=O)N3CCOCC3)cc2)s1. The number of morpholine rings is 1. The van der Waals surface area contributed by atoms with Gasteiger partial charge in [0.15, 0.2) is 16.6 Å². The molecule has 3 aromatic rings. The van der Waals surface area contributed by atoms with Gasteiger partial charge in [-0.1, -0.05) is 11.3 Å². The van der Waals surface area contributed by atoms with Crippen molar-refractivity contribution < 1.29 is 27.8 Å². The number of anilines is 1. The van der Waals surface area contributed by atoms with Crippen LogP contribution in [0.15, 0.2) is 42.5 Å². The third-order valence-corrected chi connectivity index (χ3v) is 5.50. The van der Waals surface area contributed by atoms with E-state index in [-0.39, 0.29) is 23.2 Å². The summed E-state index contributed by atoms with van der Waals surface area (Å²) in [5.74, 6) is -2.18. The third-order valence-electron chi connectivity index (χ3n) is 4.60. The van der Waals surface area contributed by atoms with E-state index < -0.39 is 17.5 Å². The molecule has 0 spiro atoms. The Hall–Kier alpha value is -3.44. The lowest BCUT2D eigenvalue weighted by molar-refractivity contribution is 0.0303. The van der Waals surface area contributed by atoms with Crippen molar-refractivity contribution >= 4 is 28.8 Å². The molecule has 1 aliphatic heterocycles. The van der Waals surface area contributed by atoms with E-state index in [2.05, 4.69) is 15.5 Å². The van der Waals surface area contributed by atoms with Crippen LogP contribution in [0.25, 0.3) is 0 Å². The molecule has 8 nitrogen and oxygen atoms in total. The van der Waals surface area contributed by atoms with E-state index in [0.717, 1.165) is 23.5 Å². The third kappa shape index (κ3) is 5.24. The van der Waals surface area contributed by atoms with Gasteiger partial charge >= 0.3 is 0 Å². The van der Waals surface area contributed by atoms with Gasteiger partial charge in [-0.3, -0.25) is 9.59 Å². The van der Waals surface area contributed by atoms with Crippen molar-refractivity contribution in [3.8, 4) is 5.75 Å². The minimum absolute atomic E-state index is 0.0549. The van der Waals surface area contributed by atoms with Crippen molar-refractivity contribution in [2.75, 3.05) is 31.6 Å². The molecule has 166 valence electrons. The Kier molecular flexibility index (Phi) is 6.66. The zero-order chi connectivity index (χ0) is 22.5. The fraction of sp³-hybridized carbons (Fsp3) is 0.238. The lowest BCUT2D eigenvalue weighted by atomic mass is 10.2. The standard InChI is InChI=1S/C21H18F2N4O4S/c22-16-6-3-14(11-17(16)23)24-19(28)20-26-25-18(32-20)12-31-15-4-1-13(2-5-15)21(29)27-7-9-30-10-8-27/h1-6,11H,7-10,12H2,(H,24,28). The molecule has 1 N–H and O–H groups in total. The van der Waals surface area contributed by atoms with Crippen LogP contribution in [0.1, 0.15) is 25.2 Å². The molecule has 2 aromatic carbocycles. The molecule has 11 heteroatoms. The van der Waals surface area contributed by atoms with Gasteiger partial charge in [0, 0.05) is 30.4 Å². The Labute approximate surface area is 185 Å². The molecule has 2 heterocycles. The minimum atomic E-state index is -1.06. The van der Waals surface area contributed by atoms with E-state index >= 15 is 0 Å². The molecule has 0 saturated carbocycles. The van der Waals surface area contributed by atoms with Crippen LogP contribution in [0.4, 0.5) is 14.5 Å². The zero-order valence-electron chi connectivity index (χ0n) is 16.7. The molecule has 1 aromatic heterocycles. The van der Waals surface area contributed by atoms with Crippen molar-refractivity contribution in [3.05, 3.63) is 69.7 Å². The van der Waals surface area contributed by atoms with E-state index in [9.17, 15) is 18.4 Å². The first-order valence-corrected chi connectivity index (χ1v) is 10.5. The van der Waals surface area contributed by atoms with Crippen molar-refractivity contribution in [3.63, 3.8) is 0 Å². The van der Waals surface area contributed by atoms with E-state index in [4.69, 9.17) is 9.47 Å². The summed E-state index contributed by atoms with van der Waals surface area (Å²) in [4.78, 5) is 26.4. The number of carbonyl (C=O) groups excluding carboxylic acids is 2. The number of rotatable bonds is 6. The number of hydrogen-bond acceptors (Lipinski definition) is 7. The first-order valence-electron chi connectivity index (χ1n) is 9.68. The maximum atomic E-state index is 13.3. The predicted octanol–water partition coefficient (Wildman–Crippen LogP) is 3.12. The van der Waals surface area contributed by atoms with Crippen molar-refractivity contribution in [2.24, 2.45) is 0 Å². The quantitative estimate of drug-likeness (QED) is 0.608. The smallest absolute Gasteiger partial charge is 0.286 e. The molecule has 0 atom stereocenters. The number of halogens is 2. The molecule has 0 unspecified atom stereocenters. The first kappa shape index (κ1) is 21.8. The summed E-state index contributed by atoms with van der Waals surface area (Å²) >= 11 is 1.01. The fourth-order valence-electron chi connectivity index (χ4n) is 2.95. The van der Waals surface area contributed by atoms with Crippen LogP contribution in [-0.4, -0.2) is 53.2 Å². The van der Waals surface area contributed by atoms with Gasteiger partial charge in [-0.15, -0.1) is 10.2 Å². The van der Waals surface area contributed by atoms with E-state index in [0.29, 0.717) is 42.6 Å². The van der Waals surface area contributed by atoms with Crippen LogP contribution in [-0.2, 0) is 11.3 Å². The summed E-state index contributed by atoms with van der Waals surface area (Å²) in [6.07, 6.45) is 0. The topological polar surface area (TPSA) is 93.7 Å². The van der Waals surface area contributed by atoms with E-state index in [1.807, 2.05) is 0 Å².